The van der Waals surface area contributed by atoms with Crippen LogP contribution in [0, 0.1) is 29.1 Å². The van der Waals surface area contributed by atoms with Gasteiger partial charge >= 0.3 is 0 Å². The second-order valence-corrected chi connectivity index (χ2v) is 6.64. The van der Waals surface area contributed by atoms with E-state index in [1.165, 1.54) is 12.8 Å². The molecule has 0 aliphatic heterocycles. The average molecular weight is 308 g/mol. The maximum atomic E-state index is 8.91. The van der Waals surface area contributed by atoms with Gasteiger partial charge in [-0.25, -0.2) is 0 Å². The minimum Gasteiger partial charge on any atom is -0.490 e. The summed E-state index contributed by atoms with van der Waals surface area (Å²) in [4.78, 5) is 0. The Kier molecular flexibility index (Phi) is 6.55. The Hall–Kier alpha value is -1.20. The normalized spacial score (nSPS) is 25.0. The van der Waals surface area contributed by atoms with Crippen molar-refractivity contribution in [3.63, 3.8) is 0 Å². The largest absolute Gasteiger partial charge is 0.490 e. The van der Waals surface area contributed by atoms with Crippen molar-refractivity contribution in [2.75, 3.05) is 0 Å². The molecule has 1 fully saturated rings. The van der Waals surface area contributed by atoms with Crippen molar-refractivity contribution in [1.82, 2.24) is 0 Å². The summed E-state index contributed by atoms with van der Waals surface area (Å²) in [5.74, 6) is 2.71. The van der Waals surface area contributed by atoms with Crippen LogP contribution in [0.25, 0.3) is 0 Å². The molecule has 1 aliphatic rings. The van der Waals surface area contributed by atoms with Crippen molar-refractivity contribution < 1.29 is 4.74 Å². The van der Waals surface area contributed by atoms with Crippen LogP contribution in [0.1, 0.15) is 53.0 Å². The molecule has 21 heavy (non-hydrogen) atoms. The predicted octanol–water partition coefficient (Wildman–Crippen LogP) is 5.69. The predicted molar refractivity (Wildman–Crippen MR) is 88.7 cm³/mol. The Bertz CT molecular complexity index is 506. The lowest BCUT2D eigenvalue weighted by molar-refractivity contribution is 0.0460. The monoisotopic (exact) mass is 307 g/mol. The summed E-state index contributed by atoms with van der Waals surface area (Å²) in [5, 5.41) is 9.37. The van der Waals surface area contributed by atoms with Crippen molar-refractivity contribution >= 4 is 11.6 Å². The molecule has 0 spiro atoms. The zero-order valence-corrected chi connectivity index (χ0v) is 13.2. The number of rotatable bonds is 3. The first-order valence-electron chi connectivity index (χ1n) is 7.37. The van der Waals surface area contributed by atoms with Gasteiger partial charge in [0.15, 0.2) is 0 Å². The average Bonchev–Trinajstić information content (AvgIpc) is 2.38. The molecular weight excluding hydrogens is 282 g/mol. The summed E-state index contributed by atoms with van der Waals surface area (Å²) in [6.45, 7) is 6.82. The van der Waals surface area contributed by atoms with Crippen LogP contribution >= 0.6 is 11.6 Å². The molecule has 2 rings (SSSR count). The van der Waals surface area contributed by atoms with E-state index in [4.69, 9.17) is 21.6 Å². The first kappa shape index (κ1) is 17.9. The van der Waals surface area contributed by atoms with Gasteiger partial charge in [-0.2, -0.15) is 5.26 Å². The van der Waals surface area contributed by atoms with Gasteiger partial charge in [0, 0.05) is 6.07 Å². The van der Waals surface area contributed by atoms with Crippen molar-refractivity contribution in [2.45, 2.75) is 53.6 Å². The molecule has 1 aromatic carbocycles. The Morgan fingerprint density at radius 3 is 2.62 bits per heavy atom. The molecule has 3 atom stereocenters. The van der Waals surface area contributed by atoms with Crippen LogP contribution in [0.2, 0.25) is 5.02 Å². The van der Waals surface area contributed by atoms with Gasteiger partial charge in [0.2, 0.25) is 0 Å². The van der Waals surface area contributed by atoms with Gasteiger partial charge in [0.25, 0.3) is 0 Å². The highest BCUT2D eigenvalue weighted by Crippen LogP contribution is 2.36. The van der Waals surface area contributed by atoms with Crippen molar-refractivity contribution in [3.05, 3.63) is 28.8 Å². The third kappa shape index (κ3) is 4.38. The fraction of sp³-hybridized carbons (Fsp3) is 0.611. The van der Waals surface area contributed by atoms with E-state index < -0.39 is 0 Å². The molecule has 0 amide bonds. The molecule has 0 bridgehead atoms. The van der Waals surface area contributed by atoms with Gasteiger partial charge < -0.3 is 4.74 Å². The fourth-order valence-corrected chi connectivity index (χ4v) is 3.30. The van der Waals surface area contributed by atoms with E-state index in [-0.39, 0.29) is 13.5 Å². The molecule has 1 aromatic rings. The number of ether oxygens (including phenoxy) is 1. The number of benzene rings is 1. The summed E-state index contributed by atoms with van der Waals surface area (Å²) < 4.78 is 6.19. The second kappa shape index (κ2) is 7.71. The maximum Gasteiger partial charge on any atom is 0.121 e. The molecule has 3 heteroatoms. The molecule has 0 radical (unpaired) electrons. The lowest BCUT2D eigenvalue weighted by Crippen LogP contribution is -2.36. The van der Waals surface area contributed by atoms with E-state index in [1.807, 2.05) is 6.07 Å². The third-order valence-corrected chi connectivity index (χ3v) is 4.62. The van der Waals surface area contributed by atoms with Gasteiger partial charge in [-0.3, -0.25) is 0 Å². The highest BCUT2D eigenvalue weighted by Gasteiger charge is 2.32. The van der Waals surface area contributed by atoms with E-state index >= 15 is 0 Å². The number of halogens is 1. The molecule has 1 saturated carbocycles. The Balaban J connectivity index is 0.00000220. The molecular formula is C18H26ClNO. The van der Waals surface area contributed by atoms with Crippen LogP contribution < -0.4 is 4.74 Å². The zero-order chi connectivity index (χ0) is 14.7. The van der Waals surface area contributed by atoms with Crippen LogP contribution in [-0.4, -0.2) is 6.10 Å². The van der Waals surface area contributed by atoms with E-state index in [2.05, 4.69) is 26.8 Å². The maximum absolute atomic E-state index is 8.91. The van der Waals surface area contributed by atoms with E-state index in [0.29, 0.717) is 28.3 Å². The lowest BCUT2D eigenvalue weighted by Gasteiger charge is -2.37. The smallest absolute Gasteiger partial charge is 0.121 e. The van der Waals surface area contributed by atoms with E-state index in [0.717, 1.165) is 12.2 Å². The Labute approximate surface area is 134 Å². The highest BCUT2D eigenvalue weighted by molar-refractivity contribution is 6.31. The number of hydrogen-bond donors (Lipinski definition) is 0. The van der Waals surface area contributed by atoms with Crippen LogP contribution in [0.15, 0.2) is 18.2 Å². The van der Waals surface area contributed by atoms with Gasteiger partial charge in [0.05, 0.1) is 10.6 Å². The number of hydrogen-bond acceptors (Lipinski definition) is 2. The minimum atomic E-state index is 0. The molecule has 1 aliphatic carbocycles. The standard InChI is InChI=1S/C17H22ClNO.CH4/c1-11(2)15-7-4-12(3)8-17(15)20-14-6-5-13(10-19)16(18)9-14;/h5-6,9,11-12,15,17H,4,7-8H2,1-3H3;1H4/t12-,15+,17-;/m0./s1. The Morgan fingerprint density at radius 2 is 2.05 bits per heavy atom. The molecule has 0 aromatic heterocycles. The molecule has 0 unspecified atom stereocenters. The molecule has 2 nitrogen and oxygen atoms in total. The van der Waals surface area contributed by atoms with Gasteiger partial charge in [-0.15, -0.1) is 0 Å². The second-order valence-electron chi connectivity index (χ2n) is 6.24. The summed E-state index contributed by atoms with van der Waals surface area (Å²) in [7, 11) is 0. The van der Waals surface area contributed by atoms with Crippen LogP contribution in [0.4, 0.5) is 0 Å². The van der Waals surface area contributed by atoms with Crippen LogP contribution in [0.3, 0.4) is 0 Å². The van der Waals surface area contributed by atoms with Gasteiger partial charge in [-0.1, -0.05) is 46.2 Å². The quantitative estimate of drug-likeness (QED) is 0.719. The minimum absolute atomic E-state index is 0. The summed E-state index contributed by atoms with van der Waals surface area (Å²) in [6.07, 6.45) is 3.87. The van der Waals surface area contributed by atoms with E-state index in [1.54, 1.807) is 12.1 Å². The zero-order valence-electron chi connectivity index (χ0n) is 12.4. The van der Waals surface area contributed by atoms with Gasteiger partial charge in [-0.05, 0) is 42.7 Å². The first-order valence-corrected chi connectivity index (χ1v) is 7.75. The lowest BCUT2D eigenvalue weighted by atomic mass is 9.75. The van der Waals surface area contributed by atoms with Crippen LogP contribution in [0.5, 0.6) is 5.75 Å². The van der Waals surface area contributed by atoms with Crippen molar-refractivity contribution in [2.24, 2.45) is 17.8 Å². The van der Waals surface area contributed by atoms with Crippen LogP contribution in [-0.2, 0) is 0 Å². The van der Waals surface area contributed by atoms with Gasteiger partial charge in [0.1, 0.15) is 17.9 Å². The number of nitrogens with zero attached hydrogens (tertiary/aromatic N) is 1. The van der Waals surface area contributed by atoms with E-state index in [9.17, 15) is 0 Å². The SMILES string of the molecule is C.CC(C)[C@H]1CC[C@H](C)C[C@@H]1Oc1ccc(C#N)c(Cl)c1. The Morgan fingerprint density at radius 1 is 1.33 bits per heavy atom. The number of nitriles is 1. The van der Waals surface area contributed by atoms with Crippen molar-refractivity contribution in [3.8, 4) is 11.8 Å². The molecule has 0 saturated heterocycles. The molecule has 116 valence electrons. The molecule has 0 N–H and O–H groups in total. The fourth-order valence-electron chi connectivity index (χ4n) is 3.08. The molecule has 0 heterocycles. The summed E-state index contributed by atoms with van der Waals surface area (Å²) >= 11 is 6.07. The summed E-state index contributed by atoms with van der Waals surface area (Å²) in [6, 6.07) is 7.41. The highest BCUT2D eigenvalue weighted by atomic mass is 35.5. The third-order valence-electron chi connectivity index (χ3n) is 4.31. The van der Waals surface area contributed by atoms with Crippen molar-refractivity contribution in [1.29, 1.82) is 5.26 Å². The first-order chi connectivity index (χ1) is 9.51. The topological polar surface area (TPSA) is 33.0 Å². The summed E-state index contributed by atoms with van der Waals surface area (Å²) in [5.41, 5.74) is 0.497.